The number of carbonyl (C=O) groups is 2. The van der Waals surface area contributed by atoms with Gasteiger partial charge in [-0.3, -0.25) is 14.6 Å². The number of amides is 2. The van der Waals surface area contributed by atoms with Gasteiger partial charge in [-0.25, -0.2) is 0 Å². The van der Waals surface area contributed by atoms with E-state index in [0.29, 0.717) is 43.4 Å². The Hall–Kier alpha value is -4.39. The Morgan fingerprint density at radius 2 is 1.45 bits per heavy atom. The second kappa shape index (κ2) is 11.5. The van der Waals surface area contributed by atoms with E-state index < -0.39 is 0 Å². The van der Waals surface area contributed by atoms with Crippen molar-refractivity contribution < 1.29 is 9.59 Å². The summed E-state index contributed by atoms with van der Waals surface area (Å²) in [5, 5.41) is 0. The number of hydrogen-bond acceptors (Lipinski definition) is 4. The van der Waals surface area contributed by atoms with E-state index in [0.717, 1.165) is 35.7 Å². The molecule has 0 unspecified atom stereocenters. The Morgan fingerprint density at radius 1 is 0.714 bits per heavy atom. The van der Waals surface area contributed by atoms with E-state index in [1.165, 1.54) is 37.7 Å². The molecule has 1 aliphatic carbocycles. The van der Waals surface area contributed by atoms with Gasteiger partial charge in [-0.05, 0) is 72.4 Å². The topological polar surface area (TPSA) is 61.7 Å². The van der Waals surface area contributed by atoms with Crippen molar-refractivity contribution >= 4 is 23.2 Å². The smallest absolute Gasteiger partial charge is 0.270 e. The summed E-state index contributed by atoms with van der Waals surface area (Å²) in [6, 6.07) is 24.4. The van der Waals surface area contributed by atoms with Crippen LogP contribution in [0.5, 0.6) is 0 Å². The van der Waals surface area contributed by atoms with E-state index >= 15 is 0 Å². The molecule has 4 aromatic rings. The number of para-hydroxylation sites is 1. The molecule has 2 amide bonds. The summed E-state index contributed by atoms with van der Waals surface area (Å²) < 4.78 is 2.11. The third-order valence-corrected chi connectivity index (χ3v) is 9.30. The van der Waals surface area contributed by atoms with Gasteiger partial charge in [-0.15, -0.1) is 0 Å². The van der Waals surface area contributed by atoms with Crippen LogP contribution in [0.4, 0.5) is 11.4 Å². The van der Waals surface area contributed by atoms with Gasteiger partial charge in [0.2, 0.25) is 0 Å². The average molecular weight is 560 g/mol. The van der Waals surface area contributed by atoms with Crippen LogP contribution in [-0.4, -0.2) is 52.4 Å². The molecule has 42 heavy (non-hydrogen) atoms. The minimum absolute atomic E-state index is 0.00703. The van der Waals surface area contributed by atoms with Crippen LogP contribution in [0.3, 0.4) is 0 Å². The highest BCUT2D eigenvalue weighted by Gasteiger charge is 2.30. The quantitative estimate of drug-likeness (QED) is 0.303. The second-order valence-electron chi connectivity index (χ2n) is 11.8. The molecule has 4 heterocycles. The predicted octanol–water partition coefficient (Wildman–Crippen LogP) is 6.10. The number of fused-ring (bicyclic) bond motifs is 2. The lowest BCUT2D eigenvalue weighted by molar-refractivity contribution is 0.0736. The van der Waals surface area contributed by atoms with Crippen molar-refractivity contribution in [3.8, 4) is 0 Å². The van der Waals surface area contributed by atoms with Crippen molar-refractivity contribution in [2.24, 2.45) is 0 Å². The number of anilines is 2. The monoisotopic (exact) mass is 559 g/mol. The first-order valence-corrected chi connectivity index (χ1v) is 15.3. The van der Waals surface area contributed by atoms with Crippen LogP contribution >= 0.6 is 0 Å². The molecule has 2 fully saturated rings. The molecule has 0 radical (unpaired) electrons. The number of rotatable bonds is 4. The van der Waals surface area contributed by atoms with Crippen molar-refractivity contribution in [2.45, 2.75) is 51.1 Å². The Bertz CT molecular complexity index is 1560. The van der Waals surface area contributed by atoms with E-state index in [-0.39, 0.29) is 11.8 Å². The van der Waals surface area contributed by atoms with Crippen molar-refractivity contribution in [1.82, 2.24) is 14.5 Å². The van der Waals surface area contributed by atoms with Crippen LogP contribution in [0, 0.1) is 0 Å². The predicted molar refractivity (Wildman–Crippen MR) is 165 cm³/mol. The molecule has 7 heteroatoms. The number of hydrogen-bond donors (Lipinski definition) is 0. The van der Waals surface area contributed by atoms with Gasteiger partial charge < -0.3 is 19.3 Å². The maximum atomic E-state index is 14.0. The van der Waals surface area contributed by atoms with E-state index in [9.17, 15) is 9.59 Å². The fraction of sp³-hybridized carbons (Fsp3) is 0.343. The Labute approximate surface area is 247 Å². The number of benzene rings is 2. The minimum atomic E-state index is -0.00703. The highest BCUT2D eigenvalue weighted by Crippen LogP contribution is 2.34. The number of aromatic nitrogens is 2. The molecular weight excluding hydrogens is 522 g/mol. The number of carbonyl (C=O) groups excluding carboxylic acids is 2. The maximum absolute atomic E-state index is 14.0. The van der Waals surface area contributed by atoms with Gasteiger partial charge >= 0.3 is 0 Å². The van der Waals surface area contributed by atoms with Crippen LogP contribution in [0.15, 0.2) is 85.2 Å². The Balaban J connectivity index is 1.11. The molecule has 1 saturated heterocycles. The van der Waals surface area contributed by atoms with E-state index in [1.54, 1.807) is 12.4 Å². The van der Waals surface area contributed by atoms with Gasteiger partial charge in [-0.1, -0.05) is 49.6 Å². The fourth-order valence-corrected chi connectivity index (χ4v) is 6.90. The lowest BCUT2D eigenvalue weighted by Crippen LogP contribution is -2.49. The molecule has 7 nitrogen and oxygen atoms in total. The zero-order valence-corrected chi connectivity index (χ0v) is 24.0. The van der Waals surface area contributed by atoms with Crippen LogP contribution in [0.2, 0.25) is 0 Å². The van der Waals surface area contributed by atoms with Gasteiger partial charge in [0, 0.05) is 61.2 Å². The lowest BCUT2D eigenvalue weighted by Gasteiger charge is -2.36. The molecule has 3 aliphatic rings. The summed E-state index contributed by atoms with van der Waals surface area (Å²) in [4.78, 5) is 38.0. The summed E-state index contributed by atoms with van der Waals surface area (Å²) in [7, 11) is 0. The van der Waals surface area contributed by atoms with Gasteiger partial charge in [0.1, 0.15) is 5.69 Å². The lowest BCUT2D eigenvalue weighted by atomic mass is 9.84. The SMILES string of the molecule is O=C(c1ccc2n1Cc1ccccc1N(C(=O)c1ccc(C3CCCCC3)cc1)C2)N1CCN(c2ccncc2)CC1. The van der Waals surface area contributed by atoms with E-state index in [2.05, 4.69) is 32.7 Å². The summed E-state index contributed by atoms with van der Waals surface area (Å²) >= 11 is 0. The van der Waals surface area contributed by atoms with Crippen LogP contribution in [0.25, 0.3) is 0 Å². The molecule has 2 aromatic carbocycles. The molecule has 214 valence electrons. The minimum Gasteiger partial charge on any atom is -0.368 e. The summed E-state index contributed by atoms with van der Waals surface area (Å²) in [6.07, 6.45) is 10.0. The maximum Gasteiger partial charge on any atom is 0.270 e. The van der Waals surface area contributed by atoms with E-state index in [4.69, 9.17) is 0 Å². The normalized spacial score (nSPS) is 17.4. The first-order valence-electron chi connectivity index (χ1n) is 15.3. The van der Waals surface area contributed by atoms with Gasteiger partial charge in [-0.2, -0.15) is 0 Å². The standard InChI is InChI=1S/C35H37N5O2/c41-34(28-12-10-27(11-13-28)26-6-2-1-3-7-26)40-25-31-14-15-33(39(31)24-29-8-4-5-9-32(29)40)35(42)38-22-20-37(21-23-38)30-16-18-36-19-17-30/h4-5,8-19,26H,1-3,6-7,20-25H2. The molecule has 2 aromatic heterocycles. The zero-order chi connectivity index (χ0) is 28.5. The summed E-state index contributed by atoms with van der Waals surface area (Å²) in [5.74, 6) is 0.651. The highest BCUT2D eigenvalue weighted by atomic mass is 16.2. The van der Waals surface area contributed by atoms with Crippen molar-refractivity contribution in [2.75, 3.05) is 36.0 Å². The van der Waals surface area contributed by atoms with Crippen LogP contribution in [-0.2, 0) is 13.1 Å². The number of nitrogens with zero attached hydrogens (tertiary/aromatic N) is 5. The molecule has 2 aliphatic heterocycles. The second-order valence-corrected chi connectivity index (χ2v) is 11.8. The molecule has 1 saturated carbocycles. The third-order valence-electron chi connectivity index (χ3n) is 9.30. The number of pyridine rings is 1. The first-order chi connectivity index (χ1) is 20.7. The van der Waals surface area contributed by atoms with E-state index in [1.807, 2.05) is 64.4 Å². The highest BCUT2D eigenvalue weighted by molar-refractivity contribution is 6.06. The Morgan fingerprint density at radius 3 is 2.21 bits per heavy atom. The average Bonchev–Trinajstić information content (AvgIpc) is 3.38. The third kappa shape index (κ3) is 5.08. The van der Waals surface area contributed by atoms with Crippen molar-refractivity contribution in [3.05, 3.63) is 113 Å². The molecule has 7 rings (SSSR count). The molecule has 0 spiro atoms. The van der Waals surface area contributed by atoms with Crippen molar-refractivity contribution in [3.63, 3.8) is 0 Å². The van der Waals surface area contributed by atoms with Gasteiger partial charge in [0.25, 0.3) is 11.8 Å². The fourth-order valence-electron chi connectivity index (χ4n) is 6.90. The zero-order valence-electron chi connectivity index (χ0n) is 24.0. The van der Waals surface area contributed by atoms with Gasteiger partial charge in [0.15, 0.2) is 0 Å². The largest absolute Gasteiger partial charge is 0.368 e. The Kier molecular flexibility index (Phi) is 7.24. The molecule has 0 N–H and O–H groups in total. The number of piperazine rings is 1. The summed E-state index contributed by atoms with van der Waals surface area (Å²) in [5.41, 5.74) is 6.79. The molecule has 0 bridgehead atoms. The van der Waals surface area contributed by atoms with Crippen LogP contribution in [0.1, 0.15) is 75.7 Å². The van der Waals surface area contributed by atoms with Crippen molar-refractivity contribution in [1.29, 1.82) is 0 Å². The summed E-state index contributed by atoms with van der Waals surface area (Å²) in [6.45, 7) is 3.88. The van der Waals surface area contributed by atoms with Crippen LogP contribution < -0.4 is 9.80 Å². The molecular formula is C35H37N5O2. The van der Waals surface area contributed by atoms with Gasteiger partial charge in [0.05, 0.1) is 13.1 Å². The molecule has 0 atom stereocenters. The first kappa shape index (κ1) is 26.5.